The normalized spacial score (nSPS) is 11.4. The largest absolute Gasteiger partial charge is 0.469 e. The number of halogens is 2. The van der Waals surface area contributed by atoms with Crippen LogP contribution in [0.25, 0.3) is 0 Å². The highest BCUT2D eigenvalue weighted by atomic mass is 79.9. The van der Waals surface area contributed by atoms with Gasteiger partial charge in [0.05, 0.1) is 13.5 Å². The third kappa shape index (κ3) is 4.20. The highest BCUT2D eigenvalue weighted by Crippen LogP contribution is 2.23. The van der Waals surface area contributed by atoms with Crippen LogP contribution in [0.3, 0.4) is 0 Å². The van der Waals surface area contributed by atoms with Gasteiger partial charge in [-0.05, 0) is 11.6 Å². The molecule has 0 aromatic heterocycles. The Bertz CT molecular complexity index is 333. The lowest BCUT2D eigenvalue weighted by atomic mass is 10.1. The first kappa shape index (κ1) is 14.4. The van der Waals surface area contributed by atoms with E-state index in [2.05, 4.69) is 20.7 Å². The quantitative estimate of drug-likeness (QED) is 0.871. The summed E-state index contributed by atoms with van der Waals surface area (Å²) in [6, 6.07) is 7.25. The maximum absolute atomic E-state index is 11.0. The van der Waals surface area contributed by atoms with Crippen LogP contribution >= 0.6 is 28.3 Å². The number of esters is 1. The Kier molecular flexibility index (Phi) is 6.56. The molecule has 1 aromatic rings. The van der Waals surface area contributed by atoms with Crippen molar-refractivity contribution in [3.05, 3.63) is 34.3 Å². The van der Waals surface area contributed by atoms with E-state index in [1.807, 2.05) is 24.3 Å². The summed E-state index contributed by atoms with van der Waals surface area (Å²) < 4.78 is 5.46. The number of ether oxygens (including phenoxy) is 1. The number of methoxy groups -OCH3 is 1. The van der Waals surface area contributed by atoms with Gasteiger partial charge in [-0.2, -0.15) is 0 Å². The molecule has 15 heavy (non-hydrogen) atoms. The molecule has 1 atom stereocenters. The van der Waals surface area contributed by atoms with Crippen molar-refractivity contribution in [3.8, 4) is 0 Å². The van der Waals surface area contributed by atoms with Crippen molar-refractivity contribution in [2.75, 3.05) is 7.11 Å². The zero-order valence-corrected chi connectivity index (χ0v) is 10.7. The molecule has 0 amide bonds. The van der Waals surface area contributed by atoms with Gasteiger partial charge in [0.15, 0.2) is 0 Å². The van der Waals surface area contributed by atoms with Crippen molar-refractivity contribution in [2.45, 2.75) is 12.5 Å². The summed E-state index contributed by atoms with van der Waals surface area (Å²) in [5, 5.41) is 0. The van der Waals surface area contributed by atoms with E-state index in [9.17, 15) is 4.79 Å². The summed E-state index contributed by atoms with van der Waals surface area (Å²) in [7, 11) is 1.36. The van der Waals surface area contributed by atoms with E-state index in [0.29, 0.717) is 0 Å². The molecule has 3 nitrogen and oxygen atoms in total. The zero-order valence-electron chi connectivity index (χ0n) is 8.27. The molecule has 5 heteroatoms. The standard InChI is InChI=1S/C10H12BrNO2.ClH/c1-14-10(13)6-9(12)7-4-2-3-5-8(7)11;/h2-5,9H,6,12H2,1H3;1H. The summed E-state index contributed by atoms with van der Waals surface area (Å²) in [6.45, 7) is 0. The maximum Gasteiger partial charge on any atom is 0.307 e. The molecule has 0 bridgehead atoms. The molecular formula is C10H13BrClNO2. The van der Waals surface area contributed by atoms with Crippen molar-refractivity contribution in [2.24, 2.45) is 5.73 Å². The van der Waals surface area contributed by atoms with Gasteiger partial charge in [0.2, 0.25) is 0 Å². The van der Waals surface area contributed by atoms with Crippen LogP contribution in [-0.4, -0.2) is 13.1 Å². The number of benzene rings is 1. The Morgan fingerprint density at radius 1 is 1.53 bits per heavy atom. The van der Waals surface area contributed by atoms with E-state index < -0.39 is 0 Å². The molecule has 0 aliphatic heterocycles. The van der Waals surface area contributed by atoms with Gasteiger partial charge >= 0.3 is 5.97 Å². The van der Waals surface area contributed by atoms with E-state index in [0.717, 1.165) is 10.0 Å². The summed E-state index contributed by atoms with van der Waals surface area (Å²) in [4.78, 5) is 11.0. The fraction of sp³-hybridized carbons (Fsp3) is 0.300. The van der Waals surface area contributed by atoms with E-state index in [4.69, 9.17) is 5.73 Å². The van der Waals surface area contributed by atoms with Crippen molar-refractivity contribution in [1.29, 1.82) is 0 Å². The molecule has 2 N–H and O–H groups in total. The van der Waals surface area contributed by atoms with Gasteiger partial charge in [0.25, 0.3) is 0 Å². The highest BCUT2D eigenvalue weighted by molar-refractivity contribution is 9.10. The van der Waals surface area contributed by atoms with E-state index in [-0.39, 0.29) is 30.8 Å². The Labute approximate surface area is 104 Å². The van der Waals surface area contributed by atoms with E-state index in [1.165, 1.54) is 7.11 Å². The van der Waals surface area contributed by atoms with Gasteiger partial charge in [-0.1, -0.05) is 34.1 Å². The van der Waals surface area contributed by atoms with Gasteiger partial charge in [0.1, 0.15) is 0 Å². The molecule has 1 aromatic carbocycles. The van der Waals surface area contributed by atoms with Crippen LogP contribution in [0, 0.1) is 0 Å². The number of hydrogen-bond donors (Lipinski definition) is 1. The molecule has 0 fully saturated rings. The lowest BCUT2D eigenvalue weighted by molar-refractivity contribution is -0.141. The second-order valence-electron chi connectivity index (χ2n) is 2.91. The lowest BCUT2D eigenvalue weighted by Crippen LogP contribution is -2.16. The molecule has 0 saturated heterocycles. The van der Waals surface area contributed by atoms with Gasteiger partial charge in [-0.15, -0.1) is 12.4 Å². The third-order valence-corrected chi connectivity index (χ3v) is 2.64. The average Bonchev–Trinajstić information content (AvgIpc) is 2.18. The molecule has 1 unspecified atom stereocenters. The minimum atomic E-state index is -0.321. The number of carbonyl (C=O) groups is 1. The fourth-order valence-corrected chi connectivity index (χ4v) is 1.73. The SMILES string of the molecule is COC(=O)CC(N)c1ccccc1Br.Cl. The summed E-state index contributed by atoms with van der Waals surface area (Å²) >= 11 is 3.38. The van der Waals surface area contributed by atoms with E-state index >= 15 is 0 Å². The van der Waals surface area contributed by atoms with Crippen LogP contribution in [0.5, 0.6) is 0 Å². The Balaban J connectivity index is 0.00000196. The lowest BCUT2D eigenvalue weighted by Gasteiger charge is -2.11. The number of rotatable bonds is 3. The molecular weight excluding hydrogens is 281 g/mol. The van der Waals surface area contributed by atoms with Gasteiger partial charge in [0, 0.05) is 10.5 Å². The molecule has 0 saturated carbocycles. The van der Waals surface area contributed by atoms with Crippen molar-refractivity contribution in [1.82, 2.24) is 0 Å². The minimum Gasteiger partial charge on any atom is -0.469 e. The third-order valence-electron chi connectivity index (χ3n) is 1.92. The Hall–Kier alpha value is -0.580. The van der Waals surface area contributed by atoms with Gasteiger partial charge < -0.3 is 10.5 Å². The number of hydrogen-bond acceptors (Lipinski definition) is 3. The van der Waals surface area contributed by atoms with Gasteiger partial charge in [-0.3, -0.25) is 4.79 Å². The van der Waals surface area contributed by atoms with Crippen molar-refractivity contribution < 1.29 is 9.53 Å². The summed E-state index contributed by atoms with van der Waals surface area (Å²) in [5.74, 6) is -0.298. The fourth-order valence-electron chi connectivity index (χ4n) is 1.15. The number of nitrogens with two attached hydrogens (primary N) is 1. The second-order valence-corrected chi connectivity index (χ2v) is 3.76. The minimum absolute atomic E-state index is 0. The van der Waals surface area contributed by atoms with Crippen molar-refractivity contribution >= 4 is 34.3 Å². The first-order valence-electron chi connectivity index (χ1n) is 4.22. The highest BCUT2D eigenvalue weighted by Gasteiger charge is 2.13. The summed E-state index contributed by atoms with van der Waals surface area (Å²) in [5.41, 5.74) is 6.76. The van der Waals surface area contributed by atoms with Crippen LogP contribution in [0.1, 0.15) is 18.0 Å². The first-order chi connectivity index (χ1) is 6.65. The zero-order chi connectivity index (χ0) is 10.6. The molecule has 0 aliphatic rings. The van der Waals surface area contributed by atoms with Crippen LogP contribution in [0.2, 0.25) is 0 Å². The molecule has 0 radical (unpaired) electrons. The molecule has 1 rings (SSSR count). The van der Waals surface area contributed by atoms with Crippen molar-refractivity contribution in [3.63, 3.8) is 0 Å². The molecule has 0 heterocycles. The Morgan fingerprint density at radius 2 is 2.13 bits per heavy atom. The second kappa shape index (κ2) is 6.82. The predicted molar refractivity (Wildman–Crippen MR) is 65.0 cm³/mol. The predicted octanol–water partition coefficient (Wildman–Crippen LogP) is 2.43. The van der Waals surface area contributed by atoms with Crippen LogP contribution < -0.4 is 5.73 Å². The molecule has 0 spiro atoms. The molecule has 0 aliphatic carbocycles. The first-order valence-corrected chi connectivity index (χ1v) is 5.01. The number of carbonyl (C=O) groups excluding carboxylic acids is 1. The monoisotopic (exact) mass is 293 g/mol. The van der Waals surface area contributed by atoms with Crippen LogP contribution in [0.4, 0.5) is 0 Å². The topological polar surface area (TPSA) is 52.3 Å². The summed E-state index contributed by atoms with van der Waals surface area (Å²) in [6.07, 6.45) is 0.194. The van der Waals surface area contributed by atoms with E-state index in [1.54, 1.807) is 0 Å². The van der Waals surface area contributed by atoms with Crippen LogP contribution in [0.15, 0.2) is 28.7 Å². The molecule has 84 valence electrons. The van der Waals surface area contributed by atoms with Crippen LogP contribution in [-0.2, 0) is 9.53 Å². The maximum atomic E-state index is 11.0. The average molecular weight is 295 g/mol. The van der Waals surface area contributed by atoms with Gasteiger partial charge in [-0.25, -0.2) is 0 Å². The smallest absolute Gasteiger partial charge is 0.307 e. The Morgan fingerprint density at radius 3 is 2.67 bits per heavy atom.